The lowest BCUT2D eigenvalue weighted by Crippen LogP contribution is -2.33. The van der Waals surface area contributed by atoms with Crippen molar-refractivity contribution in [3.8, 4) is 11.5 Å². The molecule has 0 spiro atoms. The predicted molar refractivity (Wildman–Crippen MR) is 54.8 cm³/mol. The first-order chi connectivity index (χ1) is 8.40. The van der Waals surface area contributed by atoms with Crippen LogP contribution < -0.4 is 9.47 Å². The maximum atomic E-state index is 12.6. The topological polar surface area (TPSA) is 35.5 Å². The molecule has 1 rings (SSSR count). The van der Waals surface area contributed by atoms with Crippen molar-refractivity contribution in [3.05, 3.63) is 23.8 Å². The average Bonchev–Trinajstić information content (AvgIpc) is 2.35. The molecule has 0 unspecified atom stereocenters. The smallest absolute Gasteiger partial charge is 0.340 e. The number of halogens is 4. The summed E-state index contributed by atoms with van der Waals surface area (Å²) >= 11 is 0. The fourth-order valence-electron chi connectivity index (χ4n) is 1.12. The van der Waals surface area contributed by atoms with Crippen LogP contribution in [0, 0.1) is 0 Å². The zero-order valence-corrected chi connectivity index (χ0v) is 9.33. The molecule has 1 aromatic rings. The molecule has 3 nitrogen and oxygen atoms in total. The highest BCUT2D eigenvalue weighted by atomic mass is 19.3. The molecular weight excluding hydrogens is 256 g/mol. The van der Waals surface area contributed by atoms with Crippen LogP contribution in [0.15, 0.2) is 18.2 Å². The molecule has 0 aliphatic rings. The Morgan fingerprint density at radius 2 is 2.06 bits per heavy atom. The van der Waals surface area contributed by atoms with Crippen LogP contribution >= 0.6 is 0 Å². The van der Waals surface area contributed by atoms with Gasteiger partial charge in [0.25, 0.3) is 0 Å². The van der Waals surface area contributed by atoms with Crippen LogP contribution in [0.3, 0.4) is 0 Å². The SMILES string of the molecule is COc1cc(OCC(F)(F)C(F)F)ccc1C=O. The van der Waals surface area contributed by atoms with Gasteiger partial charge in [-0.1, -0.05) is 0 Å². The first-order valence-electron chi connectivity index (χ1n) is 4.82. The maximum absolute atomic E-state index is 12.6. The van der Waals surface area contributed by atoms with Gasteiger partial charge < -0.3 is 9.47 Å². The molecular formula is C11H10F4O3. The third-order valence-electron chi connectivity index (χ3n) is 2.08. The third kappa shape index (κ3) is 3.35. The van der Waals surface area contributed by atoms with E-state index in [1.54, 1.807) is 0 Å². The van der Waals surface area contributed by atoms with Crippen molar-refractivity contribution < 1.29 is 31.8 Å². The Kier molecular flexibility index (Phi) is 4.52. The highest BCUT2D eigenvalue weighted by Gasteiger charge is 2.41. The lowest BCUT2D eigenvalue weighted by atomic mass is 10.2. The van der Waals surface area contributed by atoms with E-state index in [0.717, 1.165) is 0 Å². The zero-order chi connectivity index (χ0) is 13.8. The lowest BCUT2D eigenvalue weighted by Gasteiger charge is -2.16. The number of aldehydes is 1. The minimum absolute atomic E-state index is 0.0854. The van der Waals surface area contributed by atoms with Gasteiger partial charge in [-0.15, -0.1) is 0 Å². The number of carbonyl (C=O) groups is 1. The quantitative estimate of drug-likeness (QED) is 0.586. The van der Waals surface area contributed by atoms with E-state index >= 15 is 0 Å². The molecule has 0 bridgehead atoms. The Morgan fingerprint density at radius 3 is 2.56 bits per heavy atom. The summed E-state index contributed by atoms with van der Waals surface area (Å²) in [6.45, 7) is -1.45. The number of alkyl halides is 4. The molecule has 0 aliphatic carbocycles. The largest absolute Gasteiger partial charge is 0.496 e. The highest BCUT2D eigenvalue weighted by Crippen LogP contribution is 2.27. The fraction of sp³-hybridized carbons (Fsp3) is 0.364. The average molecular weight is 266 g/mol. The standard InChI is InChI=1S/C11H10F4O3/c1-17-9-4-8(3-2-7(9)5-16)18-6-11(14,15)10(12)13/h2-5,10H,6H2,1H3. The van der Waals surface area contributed by atoms with Crippen molar-refractivity contribution in [1.82, 2.24) is 0 Å². The van der Waals surface area contributed by atoms with Crippen molar-refractivity contribution in [1.29, 1.82) is 0 Å². The fourth-order valence-corrected chi connectivity index (χ4v) is 1.12. The van der Waals surface area contributed by atoms with E-state index in [1.807, 2.05) is 0 Å². The summed E-state index contributed by atoms with van der Waals surface area (Å²) in [5.41, 5.74) is 0.200. The van der Waals surface area contributed by atoms with E-state index in [4.69, 9.17) is 4.74 Å². The van der Waals surface area contributed by atoms with E-state index in [2.05, 4.69) is 4.74 Å². The molecule has 0 aromatic heterocycles. The normalized spacial score (nSPS) is 11.4. The summed E-state index contributed by atoms with van der Waals surface area (Å²) in [4.78, 5) is 10.6. The van der Waals surface area contributed by atoms with Crippen LogP contribution in [0.2, 0.25) is 0 Å². The van der Waals surface area contributed by atoms with Gasteiger partial charge in [0.2, 0.25) is 0 Å². The van der Waals surface area contributed by atoms with Gasteiger partial charge in [-0.25, -0.2) is 8.78 Å². The number of hydrogen-bond acceptors (Lipinski definition) is 3. The predicted octanol–water partition coefficient (Wildman–Crippen LogP) is 2.79. The van der Waals surface area contributed by atoms with Crippen molar-refractivity contribution in [2.75, 3.05) is 13.7 Å². The summed E-state index contributed by atoms with van der Waals surface area (Å²) < 4.78 is 58.3. The van der Waals surface area contributed by atoms with Crippen molar-refractivity contribution in [2.24, 2.45) is 0 Å². The van der Waals surface area contributed by atoms with Gasteiger partial charge in [0.05, 0.1) is 12.7 Å². The summed E-state index contributed by atoms with van der Waals surface area (Å²) in [5, 5.41) is 0. The van der Waals surface area contributed by atoms with Gasteiger partial charge in [-0.3, -0.25) is 4.79 Å². The number of benzene rings is 1. The van der Waals surface area contributed by atoms with E-state index in [-0.39, 0.29) is 17.1 Å². The molecule has 1 aromatic carbocycles. The molecule has 18 heavy (non-hydrogen) atoms. The van der Waals surface area contributed by atoms with Gasteiger partial charge >= 0.3 is 12.3 Å². The molecule has 0 atom stereocenters. The Hall–Kier alpha value is -1.79. The summed E-state index contributed by atoms with van der Waals surface area (Å²) in [5.74, 6) is -4.20. The Labute approximate surface area is 100 Å². The second-order valence-electron chi connectivity index (χ2n) is 3.37. The molecule has 0 saturated heterocycles. The van der Waals surface area contributed by atoms with Gasteiger partial charge in [0.15, 0.2) is 12.9 Å². The van der Waals surface area contributed by atoms with Crippen molar-refractivity contribution in [2.45, 2.75) is 12.3 Å². The van der Waals surface area contributed by atoms with Gasteiger partial charge in [-0.2, -0.15) is 8.78 Å². The van der Waals surface area contributed by atoms with E-state index in [9.17, 15) is 22.4 Å². The van der Waals surface area contributed by atoms with Gasteiger partial charge in [0.1, 0.15) is 11.5 Å². The van der Waals surface area contributed by atoms with E-state index in [1.165, 1.54) is 25.3 Å². The summed E-state index contributed by atoms with van der Waals surface area (Å²) in [6, 6.07) is 3.67. The molecule has 0 radical (unpaired) electrons. The van der Waals surface area contributed by atoms with E-state index in [0.29, 0.717) is 6.29 Å². The number of methoxy groups -OCH3 is 1. The number of ether oxygens (including phenoxy) is 2. The first-order valence-corrected chi connectivity index (χ1v) is 4.82. The first kappa shape index (κ1) is 14.3. The van der Waals surface area contributed by atoms with Crippen LogP contribution in [-0.4, -0.2) is 32.4 Å². The van der Waals surface area contributed by atoms with Crippen LogP contribution in [0.1, 0.15) is 10.4 Å². The Balaban J connectivity index is 2.77. The molecule has 0 aliphatic heterocycles. The molecule has 0 amide bonds. The molecule has 0 N–H and O–H groups in total. The number of carbonyl (C=O) groups excluding carboxylic acids is 1. The number of rotatable bonds is 6. The van der Waals surface area contributed by atoms with Crippen molar-refractivity contribution >= 4 is 6.29 Å². The van der Waals surface area contributed by atoms with Crippen molar-refractivity contribution in [3.63, 3.8) is 0 Å². The number of hydrogen-bond donors (Lipinski definition) is 0. The maximum Gasteiger partial charge on any atom is 0.340 e. The van der Waals surface area contributed by atoms with Crippen LogP contribution in [-0.2, 0) is 0 Å². The minimum atomic E-state index is -4.23. The third-order valence-corrected chi connectivity index (χ3v) is 2.08. The Morgan fingerprint density at radius 1 is 1.39 bits per heavy atom. The summed E-state index contributed by atoms with van der Waals surface area (Å²) in [7, 11) is 1.28. The molecule has 0 saturated carbocycles. The molecule has 0 fully saturated rings. The van der Waals surface area contributed by atoms with Crippen LogP contribution in [0.25, 0.3) is 0 Å². The second-order valence-corrected chi connectivity index (χ2v) is 3.37. The van der Waals surface area contributed by atoms with Gasteiger partial charge in [-0.05, 0) is 12.1 Å². The monoisotopic (exact) mass is 266 g/mol. The van der Waals surface area contributed by atoms with Gasteiger partial charge in [0, 0.05) is 6.07 Å². The Bertz CT molecular complexity index is 421. The molecule has 100 valence electrons. The van der Waals surface area contributed by atoms with Crippen LogP contribution in [0.5, 0.6) is 11.5 Å². The second kappa shape index (κ2) is 5.70. The molecule has 7 heteroatoms. The lowest BCUT2D eigenvalue weighted by molar-refractivity contribution is -0.148. The van der Waals surface area contributed by atoms with E-state index < -0.39 is 19.0 Å². The molecule has 0 heterocycles. The van der Waals surface area contributed by atoms with Crippen LogP contribution in [0.4, 0.5) is 17.6 Å². The minimum Gasteiger partial charge on any atom is -0.496 e. The summed E-state index contributed by atoms with van der Waals surface area (Å²) in [6.07, 6.45) is -3.29. The zero-order valence-electron chi connectivity index (χ0n) is 9.33. The highest BCUT2D eigenvalue weighted by molar-refractivity contribution is 5.79.